The number of benzene rings is 1. The molecule has 1 aromatic rings. The summed E-state index contributed by atoms with van der Waals surface area (Å²) >= 11 is 0. The Morgan fingerprint density at radius 2 is 2.18 bits per heavy atom. The first-order valence-corrected chi connectivity index (χ1v) is 5.66. The molecule has 4 heteroatoms. The van der Waals surface area contributed by atoms with Crippen LogP contribution in [0.1, 0.15) is 24.3 Å². The van der Waals surface area contributed by atoms with Crippen molar-refractivity contribution in [2.24, 2.45) is 11.1 Å². The number of esters is 1. The lowest BCUT2D eigenvalue weighted by molar-refractivity contribution is -0.158. The van der Waals surface area contributed by atoms with Crippen LogP contribution in [0.2, 0.25) is 0 Å². The number of hydrogen-bond donors (Lipinski definition) is 1. The Hall–Kier alpha value is -1.42. The van der Waals surface area contributed by atoms with Crippen molar-refractivity contribution in [3.8, 4) is 0 Å². The molecule has 0 saturated heterocycles. The Balaban J connectivity index is 2.12. The third-order valence-corrected chi connectivity index (χ3v) is 3.63. The van der Waals surface area contributed by atoms with Crippen LogP contribution >= 0.6 is 0 Å². The zero-order valence-electron chi connectivity index (χ0n) is 9.78. The minimum Gasteiger partial charge on any atom is -0.469 e. The average Bonchev–Trinajstić information content (AvgIpc) is 2.30. The summed E-state index contributed by atoms with van der Waals surface area (Å²) < 4.78 is 18.3. The van der Waals surface area contributed by atoms with E-state index in [2.05, 4.69) is 0 Å². The van der Waals surface area contributed by atoms with Crippen LogP contribution in [0, 0.1) is 11.2 Å². The number of carbonyl (C=O) groups excluding carboxylic acids is 1. The molecule has 0 unspecified atom stereocenters. The van der Waals surface area contributed by atoms with Crippen molar-refractivity contribution in [3.63, 3.8) is 0 Å². The van der Waals surface area contributed by atoms with Crippen LogP contribution in [0.5, 0.6) is 0 Å². The standard InChI is InChI=1S/C13H16FNO2/c1-17-12(16)13(8-15)6-9(7-13)10-4-2-3-5-11(10)14/h2-5,9H,6-8,15H2,1H3. The fourth-order valence-corrected chi connectivity index (χ4v) is 2.54. The SMILES string of the molecule is COC(=O)C1(CN)CC(c2ccccc2F)C1. The minimum absolute atomic E-state index is 0.0684. The van der Waals surface area contributed by atoms with Gasteiger partial charge in [-0.05, 0) is 30.4 Å². The second kappa shape index (κ2) is 4.45. The highest BCUT2D eigenvalue weighted by Gasteiger charge is 2.50. The Labute approximate surface area is 99.8 Å². The monoisotopic (exact) mass is 237 g/mol. The number of nitrogens with two attached hydrogens (primary N) is 1. The second-order valence-electron chi connectivity index (χ2n) is 4.60. The molecule has 1 saturated carbocycles. The molecule has 2 N–H and O–H groups in total. The maximum absolute atomic E-state index is 13.6. The van der Waals surface area contributed by atoms with E-state index in [1.54, 1.807) is 18.2 Å². The van der Waals surface area contributed by atoms with Crippen LogP contribution in [-0.4, -0.2) is 19.6 Å². The molecule has 1 aromatic carbocycles. The molecule has 1 fully saturated rings. The predicted octanol–water partition coefficient (Wildman–Crippen LogP) is 1.82. The fraction of sp³-hybridized carbons (Fsp3) is 0.462. The van der Waals surface area contributed by atoms with Gasteiger partial charge in [-0.15, -0.1) is 0 Å². The van der Waals surface area contributed by atoms with Gasteiger partial charge >= 0.3 is 5.97 Å². The zero-order chi connectivity index (χ0) is 12.5. The molecular formula is C13H16FNO2. The van der Waals surface area contributed by atoms with Crippen molar-refractivity contribution in [1.82, 2.24) is 0 Å². The van der Waals surface area contributed by atoms with Crippen LogP contribution in [0.25, 0.3) is 0 Å². The summed E-state index contributed by atoms with van der Waals surface area (Å²) in [5, 5.41) is 0. The van der Waals surface area contributed by atoms with E-state index in [1.165, 1.54) is 13.2 Å². The summed E-state index contributed by atoms with van der Waals surface area (Å²) in [4.78, 5) is 11.6. The minimum atomic E-state index is -0.609. The summed E-state index contributed by atoms with van der Waals surface area (Å²) in [6.07, 6.45) is 1.13. The quantitative estimate of drug-likeness (QED) is 0.816. The molecule has 17 heavy (non-hydrogen) atoms. The van der Waals surface area contributed by atoms with Gasteiger partial charge in [-0.25, -0.2) is 4.39 Å². The summed E-state index contributed by atoms with van der Waals surface area (Å²) in [5.41, 5.74) is 5.69. The molecule has 0 amide bonds. The van der Waals surface area contributed by atoms with E-state index in [0.717, 1.165) is 0 Å². The summed E-state index contributed by atoms with van der Waals surface area (Å²) in [6.45, 7) is 0.255. The van der Waals surface area contributed by atoms with E-state index in [1.807, 2.05) is 0 Å². The number of methoxy groups -OCH3 is 1. The van der Waals surface area contributed by atoms with Gasteiger partial charge in [0, 0.05) is 6.54 Å². The Morgan fingerprint density at radius 3 is 2.71 bits per heavy atom. The molecule has 3 nitrogen and oxygen atoms in total. The normalized spacial score (nSPS) is 27.4. The van der Waals surface area contributed by atoms with Gasteiger partial charge in [0.2, 0.25) is 0 Å². The number of ether oxygens (including phenoxy) is 1. The number of carbonyl (C=O) groups is 1. The fourth-order valence-electron chi connectivity index (χ4n) is 2.54. The average molecular weight is 237 g/mol. The first-order chi connectivity index (χ1) is 8.13. The zero-order valence-corrected chi connectivity index (χ0v) is 9.78. The van der Waals surface area contributed by atoms with Crippen LogP contribution in [0.4, 0.5) is 4.39 Å². The Morgan fingerprint density at radius 1 is 1.53 bits per heavy atom. The van der Waals surface area contributed by atoms with Crippen molar-refractivity contribution < 1.29 is 13.9 Å². The van der Waals surface area contributed by atoms with E-state index in [4.69, 9.17) is 10.5 Å². The van der Waals surface area contributed by atoms with Gasteiger partial charge in [0.05, 0.1) is 12.5 Å². The first-order valence-electron chi connectivity index (χ1n) is 5.66. The molecule has 92 valence electrons. The molecule has 0 bridgehead atoms. The lowest BCUT2D eigenvalue weighted by Gasteiger charge is -2.44. The van der Waals surface area contributed by atoms with Crippen LogP contribution in [0.3, 0.4) is 0 Å². The molecule has 0 aliphatic heterocycles. The van der Waals surface area contributed by atoms with Crippen molar-refractivity contribution in [3.05, 3.63) is 35.6 Å². The highest BCUT2D eigenvalue weighted by atomic mass is 19.1. The van der Waals surface area contributed by atoms with Gasteiger partial charge < -0.3 is 10.5 Å². The molecule has 1 aliphatic carbocycles. The van der Waals surface area contributed by atoms with Crippen LogP contribution in [-0.2, 0) is 9.53 Å². The smallest absolute Gasteiger partial charge is 0.313 e. The topological polar surface area (TPSA) is 52.3 Å². The lowest BCUT2D eigenvalue weighted by Crippen LogP contribution is -2.49. The first kappa shape index (κ1) is 12.0. The van der Waals surface area contributed by atoms with Gasteiger partial charge in [0.15, 0.2) is 0 Å². The molecule has 0 aromatic heterocycles. The van der Waals surface area contributed by atoms with Crippen LogP contribution < -0.4 is 5.73 Å². The summed E-state index contributed by atoms with van der Waals surface area (Å²) in [6, 6.07) is 6.67. The van der Waals surface area contributed by atoms with Gasteiger partial charge in [0.25, 0.3) is 0 Å². The van der Waals surface area contributed by atoms with Crippen molar-refractivity contribution in [2.45, 2.75) is 18.8 Å². The highest BCUT2D eigenvalue weighted by molar-refractivity contribution is 5.78. The van der Waals surface area contributed by atoms with E-state index in [-0.39, 0.29) is 24.2 Å². The van der Waals surface area contributed by atoms with Crippen LogP contribution in [0.15, 0.2) is 24.3 Å². The van der Waals surface area contributed by atoms with Gasteiger partial charge in [0.1, 0.15) is 5.82 Å². The maximum Gasteiger partial charge on any atom is 0.313 e. The molecule has 0 atom stereocenters. The van der Waals surface area contributed by atoms with E-state index in [0.29, 0.717) is 18.4 Å². The number of halogens is 1. The lowest BCUT2D eigenvalue weighted by atomic mass is 9.60. The maximum atomic E-state index is 13.6. The molecule has 0 heterocycles. The van der Waals surface area contributed by atoms with E-state index >= 15 is 0 Å². The van der Waals surface area contributed by atoms with E-state index < -0.39 is 5.41 Å². The van der Waals surface area contributed by atoms with Gasteiger partial charge in [-0.2, -0.15) is 0 Å². The van der Waals surface area contributed by atoms with E-state index in [9.17, 15) is 9.18 Å². The second-order valence-corrected chi connectivity index (χ2v) is 4.60. The van der Waals surface area contributed by atoms with Crippen molar-refractivity contribution >= 4 is 5.97 Å². The van der Waals surface area contributed by atoms with Gasteiger partial charge in [-0.1, -0.05) is 18.2 Å². The highest BCUT2D eigenvalue weighted by Crippen LogP contribution is 2.51. The van der Waals surface area contributed by atoms with Crippen molar-refractivity contribution in [2.75, 3.05) is 13.7 Å². The van der Waals surface area contributed by atoms with Crippen molar-refractivity contribution in [1.29, 1.82) is 0 Å². The summed E-state index contributed by atoms with van der Waals surface area (Å²) in [7, 11) is 1.36. The predicted molar refractivity (Wildman–Crippen MR) is 61.9 cm³/mol. The third-order valence-electron chi connectivity index (χ3n) is 3.63. The Bertz CT molecular complexity index is 427. The molecule has 2 rings (SSSR count). The third kappa shape index (κ3) is 1.93. The summed E-state index contributed by atoms with van der Waals surface area (Å²) in [5.74, 6) is -0.431. The number of rotatable bonds is 3. The molecular weight excluding hydrogens is 221 g/mol. The van der Waals surface area contributed by atoms with Gasteiger partial charge in [-0.3, -0.25) is 4.79 Å². The number of hydrogen-bond acceptors (Lipinski definition) is 3. The molecule has 0 spiro atoms. The molecule has 1 aliphatic rings. The molecule has 0 radical (unpaired) electrons. The Kier molecular flexibility index (Phi) is 3.15. The largest absolute Gasteiger partial charge is 0.469 e.